The normalized spacial score (nSPS) is 15.7. The fourth-order valence-corrected chi connectivity index (χ4v) is 2.95. The fraction of sp³-hybridized carbons (Fsp3) is 0.471. The number of rotatable bonds is 2. The van der Waals surface area contributed by atoms with Crippen molar-refractivity contribution < 1.29 is 14.0 Å². The lowest BCUT2D eigenvalue weighted by Gasteiger charge is -2.22. The Hall–Kier alpha value is -2.37. The number of carbonyl (C=O) groups is 2. The first kappa shape index (κ1) is 15.5. The van der Waals surface area contributed by atoms with Crippen LogP contribution in [0.5, 0.6) is 0 Å². The third-order valence-corrected chi connectivity index (χ3v) is 4.18. The second-order valence-corrected chi connectivity index (χ2v) is 5.80. The molecule has 23 heavy (non-hydrogen) atoms. The first-order chi connectivity index (χ1) is 11.1. The Morgan fingerprint density at radius 3 is 2.70 bits per heavy atom. The first-order valence-corrected chi connectivity index (χ1v) is 8.02. The average Bonchev–Trinajstić information content (AvgIpc) is 2.77. The summed E-state index contributed by atoms with van der Waals surface area (Å²) in [6.07, 6.45) is 1.32. The second-order valence-electron chi connectivity index (χ2n) is 5.80. The molecule has 2 amide bonds. The van der Waals surface area contributed by atoms with Crippen molar-refractivity contribution >= 4 is 22.9 Å². The van der Waals surface area contributed by atoms with Gasteiger partial charge in [-0.1, -0.05) is 6.92 Å². The number of carbonyl (C=O) groups excluding carboxylic acids is 2. The summed E-state index contributed by atoms with van der Waals surface area (Å²) in [5, 5.41) is 0. The Morgan fingerprint density at radius 2 is 1.91 bits per heavy atom. The molecule has 0 saturated carbocycles. The van der Waals surface area contributed by atoms with Gasteiger partial charge in [0.15, 0.2) is 11.5 Å². The topological polar surface area (TPSA) is 66.7 Å². The molecule has 6 heteroatoms. The molecule has 0 N–H and O–H groups in total. The zero-order valence-electron chi connectivity index (χ0n) is 13.5. The van der Waals surface area contributed by atoms with Crippen LogP contribution in [0, 0.1) is 6.92 Å². The Morgan fingerprint density at radius 1 is 1.17 bits per heavy atom. The van der Waals surface area contributed by atoms with E-state index in [9.17, 15) is 9.59 Å². The summed E-state index contributed by atoms with van der Waals surface area (Å²) >= 11 is 0. The highest BCUT2D eigenvalue weighted by atomic mass is 16.3. The van der Waals surface area contributed by atoms with Gasteiger partial charge < -0.3 is 14.2 Å². The van der Waals surface area contributed by atoms with E-state index in [1.165, 1.54) is 0 Å². The number of oxazole rings is 1. The molecule has 1 fully saturated rings. The molecule has 3 rings (SSSR count). The maximum Gasteiger partial charge on any atom is 0.253 e. The van der Waals surface area contributed by atoms with Crippen molar-refractivity contribution in [2.75, 3.05) is 26.2 Å². The summed E-state index contributed by atoms with van der Waals surface area (Å²) in [4.78, 5) is 32.5. The lowest BCUT2D eigenvalue weighted by molar-refractivity contribution is -0.130. The van der Waals surface area contributed by atoms with Gasteiger partial charge in [-0.15, -0.1) is 0 Å². The van der Waals surface area contributed by atoms with E-state index in [0.717, 1.165) is 13.0 Å². The van der Waals surface area contributed by atoms with Gasteiger partial charge in [-0.25, -0.2) is 4.98 Å². The SMILES string of the molecule is CCC(=O)N1CCCN(C(=O)c2ccc3oc(C)nc3c2)CC1. The van der Waals surface area contributed by atoms with E-state index >= 15 is 0 Å². The molecule has 1 aromatic carbocycles. The van der Waals surface area contributed by atoms with E-state index in [4.69, 9.17) is 4.42 Å². The summed E-state index contributed by atoms with van der Waals surface area (Å²) in [6, 6.07) is 5.33. The van der Waals surface area contributed by atoms with Crippen molar-refractivity contribution in [2.45, 2.75) is 26.7 Å². The summed E-state index contributed by atoms with van der Waals surface area (Å²) in [6.45, 7) is 6.21. The van der Waals surface area contributed by atoms with Gasteiger partial charge in [0.1, 0.15) is 5.52 Å². The first-order valence-electron chi connectivity index (χ1n) is 8.02. The lowest BCUT2D eigenvalue weighted by atomic mass is 10.1. The lowest BCUT2D eigenvalue weighted by Crippen LogP contribution is -2.37. The Bertz CT molecular complexity index is 738. The predicted molar refractivity (Wildman–Crippen MR) is 86.1 cm³/mol. The smallest absolute Gasteiger partial charge is 0.253 e. The van der Waals surface area contributed by atoms with Crippen LogP contribution in [0.2, 0.25) is 0 Å². The molecule has 0 radical (unpaired) electrons. The van der Waals surface area contributed by atoms with Crippen LogP contribution in [-0.2, 0) is 4.79 Å². The number of nitrogens with zero attached hydrogens (tertiary/aromatic N) is 3. The Balaban J connectivity index is 1.74. The predicted octanol–water partition coefficient (Wildman–Crippen LogP) is 2.22. The van der Waals surface area contributed by atoms with Crippen LogP contribution in [0.15, 0.2) is 22.6 Å². The maximum atomic E-state index is 12.7. The molecule has 1 aliphatic heterocycles. The van der Waals surface area contributed by atoms with Crippen molar-refractivity contribution in [3.63, 3.8) is 0 Å². The van der Waals surface area contributed by atoms with Gasteiger partial charge in [-0.2, -0.15) is 0 Å². The monoisotopic (exact) mass is 315 g/mol. The highest BCUT2D eigenvalue weighted by Crippen LogP contribution is 2.18. The van der Waals surface area contributed by atoms with Crippen molar-refractivity contribution in [1.82, 2.24) is 14.8 Å². The number of hydrogen-bond donors (Lipinski definition) is 0. The molecule has 122 valence electrons. The van der Waals surface area contributed by atoms with Gasteiger partial charge in [0, 0.05) is 45.1 Å². The summed E-state index contributed by atoms with van der Waals surface area (Å²) in [7, 11) is 0. The zero-order chi connectivity index (χ0) is 16.4. The van der Waals surface area contributed by atoms with Crippen molar-refractivity contribution in [3.8, 4) is 0 Å². The Kier molecular flexibility index (Phi) is 4.32. The van der Waals surface area contributed by atoms with Crippen LogP contribution in [0.3, 0.4) is 0 Å². The second kappa shape index (κ2) is 6.40. The molecular formula is C17H21N3O3. The van der Waals surface area contributed by atoms with Crippen LogP contribution in [0.4, 0.5) is 0 Å². The summed E-state index contributed by atoms with van der Waals surface area (Å²) in [5.41, 5.74) is 2.00. The molecule has 1 aliphatic rings. The minimum Gasteiger partial charge on any atom is -0.441 e. The molecule has 0 aliphatic carbocycles. The van der Waals surface area contributed by atoms with E-state index in [1.807, 2.05) is 16.7 Å². The van der Waals surface area contributed by atoms with Crippen molar-refractivity contribution in [2.24, 2.45) is 0 Å². The number of fused-ring (bicyclic) bond motifs is 1. The maximum absolute atomic E-state index is 12.7. The molecule has 0 atom stereocenters. The van der Waals surface area contributed by atoms with Gasteiger partial charge in [0.2, 0.25) is 5.91 Å². The minimum absolute atomic E-state index is 0.0154. The van der Waals surface area contributed by atoms with Crippen LogP contribution in [-0.4, -0.2) is 52.8 Å². The third-order valence-electron chi connectivity index (χ3n) is 4.18. The van der Waals surface area contributed by atoms with Gasteiger partial charge in [-0.3, -0.25) is 9.59 Å². The number of aromatic nitrogens is 1. The number of amides is 2. The van der Waals surface area contributed by atoms with E-state index in [0.29, 0.717) is 48.6 Å². The largest absolute Gasteiger partial charge is 0.441 e. The van der Waals surface area contributed by atoms with Gasteiger partial charge in [0.05, 0.1) is 0 Å². The number of hydrogen-bond acceptors (Lipinski definition) is 4. The molecule has 2 heterocycles. The fourth-order valence-electron chi connectivity index (χ4n) is 2.95. The molecule has 0 spiro atoms. The van der Waals surface area contributed by atoms with Crippen molar-refractivity contribution in [1.29, 1.82) is 0 Å². The molecule has 2 aromatic rings. The summed E-state index contributed by atoms with van der Waals surface area (Å²) < 4.78 is 5.44. The zero-order valence-corrected chi connectivity index (χ0v) is 13.5. The van der Waals surface area contributed by atoms with Gasteiger partial charge in [-0.05, 0) is 24.6 Å². The minimum atomic E-state index is -0.0154. The van der Waals surface area contributed by atoms with Crippen LogP contribution >= 0.6 is 0 Å². The van der Waals surface area contributed by atoms with E-state index < -0.39 is 0 Å². The standard InChI is InChI=1S/C17H21N3O3/c1-3-16(21)19-7-4-8-20(10-9-19)17(22)13-5-6-15-14(11-13)18-12(2)23-15/h5-6,11H,3-4,7-10H2,1-2H3. The highest BCUT2D eigenvalue weighted by molar-refractivity contribution is 5.97. The van der Waals surface area contributed by atoms with Crippen LogP contribution < -0.4 is 0 Å². The molecule has 0 bridgehead atoms. The molecule has 1 saturated heterocycles. The molecule has 6 nitrogen and oxygen atoms in total. The van der Waals surface area contributed by atoms with Crippen molar-refractivity contribution in [3.05, 3.63) is 29.7 Å². The number of aryl methyl sites for hydroxylation is 1. The highest BCUT2D eigenvalue weighted by Gasteiger charge is 2.22. The van der Waals surface area contributed by atoms with E-state index in [-0.39, 0.29) is 11.8 Å². The molecule has 1 aromatic heterocycles. The molecule has 0 unspecified atom stereocenters. The Labute approximate surface area is 135 Å². The van der Waals surface area contributed by atoms with Crippen LogP contribution in [0.1, 0.15) is 36.0 Å². The van der Waals surface area contributed by atoms with E-state index in [1.54, 1.807) is 25.1 Å². The number of benzene rings is 1. The average molecular weight is 315 g/mol. The van der Waals surface area contributed by atoms with Gasteiger partial charge in [0.25, 0.3) is 5.91 Å². The van der Waals surface area contributed by atoms with Gasteiger partial charge >= 0.3 is 0 Å². The third kappa shape index (κ3) is 3.21. The molecular weight excluding hydrogens is 294 g/mol. The van der Waals surface area contributed by atoms with E-state index in [2.05, 4.69) is 4.98 Å². The van der Waals surface area contributed by atoms with Crippen LogP contribution in [0.25, 0.3) is 11.1 Å². The summed E-state index contributed by atoms with van der Waals surface area (Å²) in [5.74, 6) is 0.727. The quantitative estimate of drug-likeness (QED) is 0.852.